The Kier molecular flexibility index (Phi) is 10.2. The first-order valence-electron chi connectivity index (χ1n) is 12.9. The topological polar surface area (TPSA) is 105 Å². The highest BCUT2D eigenvalue weighted by molar-refractivity contribution is 7.92. The van der Waals surface area contributed by atoms with Gasteiger partial charge < -0.3 is 19.7 Å². The molecule has 0 bridgehead atoms. The van der Waals surface area contributed by atoms with E-state index in [1.165, 1.54) is 37.3 Å². The van der Waals surface area contributed by atoms with Gasteiger partial charge in [0.15, 0.2) is 0 Å². The molecule has 40 heavy (non-hydrogen) atoms. The molecule has 9 nitrogen and oxygen atoms in total. The Morgan fingerprint density at radius 3 is 2.15 bits per heavy atom. The maximum Gasteiger partial charge on any atom is 0.264 e. The van der Waals surface area contributed by atoms with E-state index in [2.05, 4.69) is 5.32 Å². The molecule has 0 aromatic heterocycles. The second kappa shape index (κ2) is 13.3. The van der Waals surface area contributed by atoms with Gasteiger partial charge in [0.05, 0.1) is 24.8 Å². The second-order valence-corrected chi connectivity index (χ2v) is 11.5. The smallest absolute Gasteiger partial charge is 0.264 e. The number of ether oxygens (including phenoxy) is 2. The van der Waals surface area contributed by atoms with Gasteiger partial charge in [-0.1, -0.05) is 42.5 Å². The standard InChI is InChI=1S/C30H37N3O6S/c1-21(2)31-30(35)23(4)32(19-24-13-11-10-12-22(24)3)29(34)20-33(40(36,37)26-14-8-7-9-15-26)27-18-25(38-5)16-17-28(27)39-6/h7-18,21,23H,19-20H2,1-6H3,(H,31,35). The van der Waals surface area contributed by atoms with Crippen LogP contribution in [0.15, 0.2) is 77.7 Å². The molecule has 0 aliphatic rings. The van der Waals surface area contributed by atoms with E-state index in [4.69, 9.17) is 9.47 Å². The van der Waals surface area contributed by atoms with Gasteiger partial charge >= 0.3 is 0 Å². The minimum atomic E-state index is -4.24. The average molecular weight is 568 g/mol. The summed E-state index contributed by atoms with van der Waals surface area (Å²) in [6.45, 7) is 6.77. The normalized spacial score (nSPS) is 12.0. The van der Waals surface area contributed by atoms with Crippen LogP contribution in [-0.2, 0) is 26.2 Å². The number of sulfonamides is 1. The van der Waals surface area contributed by atoms with Crippen LogP contribution in [0.25, 0.3) is 0 Å². The van der Waals surface area contributed by atoms with Crippen LogP contribution in [0.5, 0.6) is 11.5 Å². The van der Waals surface area contributed by atoms with Crippen molar-refractivity contribution in [2.24, 2.45) is 0 Å². The highest BCUT2D eigenvalue weighted by Crippen LogP contribution is 2.36. The SMILES string of the molecule is COc1ccc(OC)c(N(CC(=O)N(Cc2ccccc2C)C(C)C(=O)NC(C)C)S(=O)(=O)c2ccccc2)c1. The first kappa shape index (κ1) is 30.5. The first-order chi connectivity index (χ1) is 19.0. The van der Waals surface area contributed by atoms with Crippen molar-refractivity contribution in [2.75, 3.05) is 25.1 Å². The fourth-order valence-corrected chi connectivity index (χ4v) is 5.62. The molecular weight excluding hydrogens is 530 g/mol. The molecular formula is C30H37N3O6S. The van der Waals surface area contributed by atoms with Gasteiger partial charge in [0.1, 0.15) is 24.1 Å². The third-order valence-electron chi connectivity index (χ3n) is 6.46. The summed E-state index contributed by atoms with van der Waals surface area (Å²) in [4.78, 5) is 28.5. The van der Waals surface area contributed by atoms with Crippen LogP contribution >= 0.6 is 0 Å². The Bertz CT molecular complexity index is 1430. The molecule has 0 spiro atoms. The van der Waals surface area contributed by atoms with E-state index in [0.29, 0.717) is 5.75 Å². The average Bonchev–Trinajstić information content (AvgIpc) is 2.94. The van der Waals surface area contributed by atoms with Gasteiger partial charge in [0.2, 0.25) is 11.8 Å². The fourth-order valence-electron chi connectivity index (χ4n) is 4.18. The van der Waals surface area contributed by atoms with E-state index in [0.717, 1.165) is 15.4 Å². The fraction of sp³-hybridized carbons (Fsp3) is 0.333. The summed E-state index contributed by atoms with van der Waals surface area (Å²) in [5.41, 5.74) is 1.92. The number of carbonyl (C=O) groups excluding carboxylic acids is 2. The predicted octanol–water partition coefficient (Wildman–Crippen LogP) is 4.15. The molecule has 0 fully saturated rings. The lowest BCUT2D eigenvalue weighted by Crippen LogP contribution is -2.52. The van der Waals surface area contributed by atoms with Gasteiger partial charge in [0.25, 0.3) is 10.0 Å². The van der Waals surface area contributed by atoms with E-state index in [-0.39, 0.29) is 34.8 Å². The number of anilines is 1. The van der Waals surface area contributed by atoms with Crippen molar-refractivity contribution in [1.29, 1.82) is 0 Å². The lowest BCUT2D eigenvalue weighted by atomic mass is 10.1. The van der Waals surface area contributed by atoms with Gasteiger partial charge in [-0.3, -0.25) is 13.9 Å². The summed E-state index contributed by atoms with van der Waals surface area (Å²) in [7, 11) is -1.35. The van der Waals surface area contributed by atoms with Gasteiger partial charge in [-0.25, -0.2) is 8.42 Å². The van der Waals surface area contributed by atoms with Crippen molar-refractivity contribution < 1.29 is 27.5 Å². The molecule has 0 heterocycles. The zero-order chi connectivity index (χ0) is 29.4. The van der Waals surface area contributed by atoms with Gasteiger partial charge in [0, 0.05) is 18.7 Å². The Morgan fingerprint density at radius 2 is 1.55 bits per heavy atom. The Hall–Kier alpha value is -4.05. The number of aryl methyl sites for hydroxylation is 1. The molecule has 1 atom stereocenters. The third-order valence-corrected chi connectivity index (χ3v) is 8.24. The Balaban J connectivity index is 2.12. The van der Waals surface area contributed by atoms with Crippen LogP contribution in [0.4, 0.5) is 5.69 Å². The summed E-state index contributed by atoms with van der Waals surface area (Å²) >= 11 is 0. The summed E-state index contributed by atoms with van der Waals surface area (Å²) in [5, 5.41) is 2.85. The first-order valence-corrected chi connectivity index (χ1v) is 14.4. The van der Waals surface area contributed by atoms with Gasteiger partial charge in [-0.05, 0) is 63.1 Å². The number of hydrogen-bond donors (Lipinski definition) is 1. The molecule has 0 radical (unpaired) electrons. The van der Waals surface area contributed by atoms with Crippen molar-refractivity contribution in [1.82, 2.24) is 10.2 Å². The number of methoxy groups -OCH3 is 2. The number of carbonyl (C=O) groups is 2. The lowest BCUT2D eigenvalue weighted by Gasteiger charge is -2.33. The molecule has 0 saturated heterocycles. The van der Waals surface area contributed by atoms with E-state index in [1.54, 1.807) is 37.3 Å². The van der Waals surface area contributed by atoms with Crippen molar-refractivity contribution in [3.05, 3.63) is 83.9 Å². The van der Waals surface area contributed by atoms with E-state index in [1.807, 2.05) is 45.0 Å². The zero-order valence-corrected chi connectivity index (χ0v) is 24.6. The largest absolute Gasteiger partial charge is 0.497 e. The van der Waals surface area contributed by atoms with Crippen molar-refractivity contribution >= 4 is 27.5 Å². The number of nitrogens with zero attached hydrogens (tertiary/aromatic N) is 2. The summed E-state index contributed by atoms with van der Waals surface area (Å²) in [6.07, 6.45) is 0. The molecule has 1 N–H and O–H groups in total. The summed E-state index contributed by atoms with van der Waals surface area (Å²) < 4.78 is 39.8. The van der Waals surface area contributed by atoms with Gasteiger partial charge in [-0.15, -0.1) is 0 Å². The quantitative estimate of drug-likeness (QED) is 0.353. The van der Waals surface area contributed by atoms with Crippen molar-refractivity contribution in [3.63, 3.8) is 0 Å². The maximum atomic E-state index is 14.1. The molecule has 10 heteroatoms. The van der Waals surface area contributed by atoms with Gasteiger partial charge in [-0.2, -0.15) is 0 Å². The molecule has 0 saturated carbocycles. The number of amides is 2. The Morgan fingerprint density at radius 1 is 0.900 bits per heavy atom. The molecule has 2 amide bonds. The zero-order valence-electron chi connectivity index (χ0n) is 23.7. The molecule has 3 aromatic rings. The molecule has 0 aliphatic heterocycles. The molecule has 0 aliphatic carbocycles. The Labute approximate surface area is 236 Å². The monoisotopic (exact) mass is 567 g/mol. The van der Waals surface area contributed by atoms with Crippen molar-refractivity contribution in [3.8, 4) is 11.5 Å². The minimum Gasteiger partial charge on any atom is -0.497 e. The molecule has 214 valence electrons. The predicted molar refractivity (Wildman–Crippen MR) is 155 cm³/mol. The van der Waals surface area contributed by atoms with Crippen LogP contribution in [0, 0.1) is 6.92 Å². The minimum absolute atomic E-state index is 0.00345. The highest BCUT2D eigenvalue weighted by Gasteiger charge is 2.34. The number of benzene rings is 3. The third kappa shape index (κ3) is 7.12. The summed E-state index contributed by atoms with van der Waals surface area (Å²) in [5.74, 6) is -0.269. The van der Waals surface area contributed by atoms with E-state index < -0.39 is 28.5 Å². The van der Waals surface area contributed by atoms with Crippen LogP contribution in [0.1, 0.15) is 31.9 Å². The van der Waals surface area contributed by atoms with Crippen LogP contribution in [-0.4, -0.2) is 58.0 Å². The van der Waals surface area contributed by atoms with E-state index in [9.17, 15) is 18.0 Å². The molecule has 1 unspecified atom stereocenters. The lowest BCUT2D eigenvalue weighted by molar-refractivity contribution is -0.139. The van der Waals surface area contributed by atoms with Crippen molar-refractivity contribution in [2.45, 2.75) is 51.2 Å². The molecule has 3 rings (SSSR count). The highest BCUT2D eigenvalue weighted by atomic mass is 32.2. The second-order valence-electron chi connectivity index (χ2n) is 9.65. The number of rotatable bonds is 12. The summed E-state index contributed by atoms with van der Waals surface area (Å²) in [6, 6.07) is 19.1. The van der Waals surface area contributed by atoms with Crippen LogP contribution in [0.3, 0.4) is 0 Å². The van der Waals surface area contributed by atoms with Crippen LogP contribution in [0.2, 0.25) is 0 Å². The maximum absolute atomic E-state index is 14.1. The molecule has 3 aromatic carbocycles. The number of hydrogen-bond acceptors (Lipinski definition) is 6. The van der Waals surface area contributed by atoms with Crippen LogP contribution < -0.4 is 19.1 Å². The van der Waals surface area contributed by atoms with E-state index >= 15 is 0 Å². The number of nitrogens with one attached hydrogen (secondary N) is 1.